The molecule has 0 aliphatic carbocycles. The summed E-state index contributed by atoms with van der Waals surface area (Å²) in [5.41, 5.74) is 4.68. The van der Waals surface area contributed by atoms with Crippen molar-refractivity contribution < 1.29 is 4.92 Å². The quantitative estimate of drug-likeness (QED) is 0.477. The van der Waals surface area contributed by atoms with Crippen LogP contribution in [0.25, 0.3) is 0 Å². The van der Waals surface area contributed by atoms with Crippen LogP contribution in [0.5, 0.6) is 0 Å². The molecule has 7 heteroatoms. The highest BCUT2D eigenvalue weighted by atomic mass is 35.5. The Kier molecular flexibility index (Phi) is 5.44. The molecule has 2 rings (SSSR count). The lowest BCUT2D eigenvalue weighted by molar-refractivity contribution is -0.384. The van der Waals surface area contributed by atoms with Crippen LogP contribution in [0.2, 0.25) is 5.02 Å². The molecule has 5 nitrogen and oxygen atoms in total. The van der Waals surface area contributed by atoms with E-state index in [2.05, 4.69) is 5.43 Å². The first kappa shape index (κ1) is 15.6. The van der Waals surface area contributed by atoms with Crippen molar-refractivity contribution in [3.05, 3.63) is 68.7 Å². The molecule has 0 saturated heterocycles. The highest BCUT2D eigenvalue weighted by Gasteiger charge is 2.13. The normalized spacial score (nSPS) is 10.4. The fourth-order valence-electron chi connectivity index (χ4n) is 1.81. The number of nitrogens with one attached hydrogen (secondary N) is 1. The SMILES string of the molecule is NNc1ccc(CSCc2ccc(Cl)cc2)cc1[N+](=O)[O-]. The van der Waals surface area contributed by atoms with Crippen molar-refractivity contribution >= 4 is 34.7 Å². The molecule has 110 valence electrons. The molecule has 0 atom stereocenters. The molecule has 0 saturated carbocycles. The Hall–Kier alpha value is -1.76. The molecule has 0 heterocycles. The van der Waals surface area contributed by atoms with Gasteiger partial charge in [0, 0.05) is 22.6 Å². The van der Waals surface area contributed by atoms with E-state index in [9.17, 15) is 10.1 Å². The summed E-state index contributed by atoms with van der Waals surface area (Å²) in [5.74, 6) is 6.77. The predicted octanol–water partition coefficient (Wildman–Crippen LogP) is 3.97. The van der Waals surface area contributed by atoms with Crippen LogP contribution in [-0.4, -0.2) is 4.92 Å². The fourth-order valence-corrected chi connectivity index (χ4v) is 2.88. The first-order valence-corrected chi connectivity index (χ1v) is 7.69. The van der Waals surface area contributed by atoms with Gasteiger partial charge in [0.05, 0.1) is 4.92 Å². The Morgan fingerprint density at radius 1 is 1.14 bits per heavy atom. The van der Waals surface area contributed by atoms with Gasteiger partial charge in [0.1, 0.15) is 5.69 Å². The van der Waals surface area contributed by atoms with Crippen molar-refractivity contribution in [1.29, 1.82) is 0 Å². The smallest absolute Gasteiger partial charge is 0.293 e. The third kappa shape index (κ3) is 4.35. The minimum absolute atomic E-state index is 0.0120. The van der Waals surface area contributed by atoms with Crippen molar-refractivity contribution in [3.63, 3.8) is 0 Å². The van der Waals surface area contributed by atoms with E-state index in [1.165, 1.54) is 5.56 Å². The van der Waals surface area contributed by atoms with Gasteiger partial charge in [0.25, 0.3) is 5.69 Å². The molecule has 0 aromatic heterocycles. The van der Waals surface area contributed by atoms with Crippen LogP contribution >= 0.6 is 23.4 Å². The van der Waals surface area contributed by atoms with Crippen LogP contribution in [-0.2, 0) is 11.5 Å². The van der Waals surface area contributed by atoms with Crippen LogP contribution in [0.3, 0.4) is 0 Å². The maximum absolute atomic E-state index is 11.0. The van der Waals surface area contributed by atoms with Crippen LogP contribution in [0, 0.1) is 10.1 Å². The van der Waals surface area contributed by atoms with E-state index in [0.717, 1.165) is 11.3 Å². The highest BCUT2D eigenvalue weighted by Crippen LogP contribution is 2.27. The average Bonchev–Trinajstić information content (AvgIpc) is 2.49. The Morgan fingerprint density at radius 2 is 1.76 bits per heavy atom. The van der Waals surface area contributed by atoms with Gasteiger partial charge in [0.15, 0.2) is 0 Å². The molecule has 0 radical (unpaired) electrons. The van der Waals surface area contributed by atoms with Crippen LogP contribution in [0.1, 0.15) is 11.1 Å². The van der Waals surface area contributed by atoms with E-state index in [4.69, 9.17) is 17.4 Å². The maximum Gasteiger partial charge on any atom is 0.293 e. The summed E-state index contributed by atoms with van der Waals surface area (Å²) >= 11 is 7.51. The molecule has 0 unspecified atom stereocenters. The Balaban J connectivity index is 1.98. The second-order valence-electron chi connectivity index (χ2n) is 4.37. The predicted molar refractivity (Wildman–Crippen MR) is 87.4 cm³/mol. The van der Waals surface area contributed by atoms with Gasteiger partial charge in [-0.15, -0.1) is 0 Å². The van der Waals surface area contributed by atoms with E-state index in [0.29, 0.717) is 16.5 Å². The number of halogens is 1. The summed E-state index contributed by atoms with van der Waals surface area (Å²) in [6, 6.07) is 12.6. The fraction of sp³-hybridized carbons (Fsp3) is 0.143. The molecule has 0 aliphatic rings. The summed E-state index contributed by atoms with van der Waals surface area (Å²) < 4.78 is 0. The number of hydrogen-bond donors (Lipinski definition) is 2. The number of hydrazine groups is 1. The number of benzene rings is 2. The van der Waals surface area contributed by atoms with Crippen molar-refractivity contribution in [1.82, 2.24) is 0 Å². The van der Waals surface area contributed by atoms with Crippen LogP contribution < -0.4 is 11.3 Å². The van der Waals surface area contributed by atoms with Gasteiger partial charge in [0.2, 0.25) is 0 Å². The number of nitrogens with two attached hydrogens (primary N) is 1. The number of hydrogen-bond acceptors (Lipinski definition) is 5. The third-order valence-electron chi connectivity index (χ3n) is 2.87. The summed E-state index contributed by atoms with van der Waals surface area (Å²) in [5, 5.41) is 11.7. The van der Waals surface area contributed by atoms with E-state index in [1.54, 1.807) is 23.9 Å². The van der Waals surface area contributed by atoms with Crippen molar-refractivity contribution in [2.45, 2.75) is 11.5 Å². The zero-order chi connectivity index (χ0) is 15.2. The minimum atomic E-state index is -0.442. The number of rotatable bonds is 6. The topological polar surface area (TPSA) is 81.2 Å². The van der Waals surface area contributed by atoms with E-state index in [-0.39, 0.29) is 5.69 Å². The molecule has 0 amide bonds. The first-order valence-electron chi connectivity index (χ1n) is 6.16. The van der Waals surface area contributed by atoms with Gasteiger partial charge in [-0.2, -0.15) is 11.8 Å². The van der Waals surface area contributed by atoms with Gasteiger partial charge >= 0.3 is 0 Å². The molecule has 21 heavy (non-hydrogen) atoms. The number of nitro groups is 1. The lowest BCUT2D eigenvalue weighted by Crippen LogP contribution is -2.09. The molecule has 0 aliphatic heterocycles. The summed E-state index contributed by atoms with van der Waals surface area (Å²) in [7, 11) is 0. The Labute approximate surface area is 131 Å². The third-order valence-corrected chi connectivity index (χ3v) is 4.19. The van der Waals surface area contributed by atoms with E-state index >= 15 is 0 Å². The zero-order valence-corrected chi connectivity index (χ0v) is 12.7. The second kappa shape index (κ2) is 7.31. The standard InChI is InChI=1S/C14H14ClN3O2S/c15-12-4-1-10(2-5-12)8-21-9-11-3-6-13(17-16)14(7-11)18(19)20/h1-7,17H,8-9,16H2. The van der Waals surface area contributed by atoms with Gasteiger partial charge in [-0.05, 0) is 29.3 Å². The zero-order valence-electron chi connectivity index (χ0n) is 11.1. The monoisotopic (exact) mass is 323 g/mol. The number of nitrogen functional groups attached to an aromatic ring is 1. The molecule has 2 aromatic carbocycles. The van der Waals surface area contributed by atoms with Gasteiger partial charge in [-0.1, -0.05) is 29.8 Å². The molecular weight excluding hydrogens is 310 g/mol. The second-order valence-corrected chi connectivity index (χ2v) is 5.79. The molecule has 0 spiro atoms. The number of nitro benzene ring substituents is 1. The number of thioether (sulfide) groups is 1. The molecule has 0 bridgehead atoms. The maximum atomic E-state index is 11.0. The number of nitrogens with zero attached hydrogens (tertiary/aromatic N) is 1. The van der Waals surface area contributed by atoms with Gasteiger partial charge in [-0.25, -0.2) is 0 Å². The van der Waals surface area contributed by atoms with Crippen molar-refractivity contribution in [3.8, 4) is 0 Å². The molecule has 0 fully saturated rings. The summed E-state index contributed by atoms with van der Waals surface area (Å²) in [6.07, 6.45) is 0. The van der Waals surface area contributed by atoms with Crippen LogP contribution in [0.15, 0.2) is 42.5 Å². The molecular formula is C14H14ClN3O2S. The van der Waals surface area contributed by atoms with Crippen molar-refractivity contribution in [2.24, 2.45) is 5.84 Å². The first-order chi connectivity index (χ1) is 10.1. The highest BCUT2D eigenvalue weighted by molar-refractivity contribution is 7.97. The summed E-state index contributed by atoms with van der Waals surface area (Å²) in [6.45, 7) is 0. The lowest BCUT2D eigenvalue weighted by Gasteiger charge is -2.06. The van der Waals surface area contributed by atoms with E-state index < -0.39 is 4.92 Å². The average molecular weight is 324 g/mol. The molecule has 3 N–H and O–H groups in total. The Bertz CT molecular complexity index is 635. The lowest BCUT2D eigenvalue weighted by atomic mass is 10.2. The Morgan fingerprint density at radius 3 is 2.38 bits per heavy atom. The largest absolute Gasteiger partial charge is 0.318 e. The number of anilines is 1. The summed E-state index contributed by atoms with van der Waals surface area (Å²) in [4.78, 5) is 10.5. The minimum Gasteiger partial charge on any atom is -0.318 e. The molecule has 2 aromatic rings. The van der Waals surface area contributed by atoms with Gasteiger partial charge < -0.3 is 5.43 Å². The van der Waals surface area contributed by atoms with Gasteiger partial charge in [-0.3, -0.25) is 16.0 Å². The van der Waals surface area contributed by atoms with Crippen LogP contribution in [0.4, 0.5) is 11.4 Å². The van der Waals surface area contributed by atoms with Crippen molar-refractivity contribution in [2.75, 3.05) is 5.43 Å². The van der Waals surface area contributed by atoms with E-state index in [1.807, 2.05) is 30.3 Å².